The summed E-state index contributed by atoms with van der Waals surface area (Å²) in [5.74, 6) is 1.49. The summed E-state index contributed by atoms with van der Waals surface area (Å²) in [6.45, 7) is 1.10. The van der Waals surface area contributed by atoms with Crippen LogP contribution in [0.1, 0.15) is 12.8 Å². The maximum Gasteiger partial charge on any atom is 0.0799 e. The molecular weight excluding hydrogens is 99.5 g/mol. The highest BCUT2D eigenvalue weighted by Gasteiger charge is 1.79. The van der Waals surface area contributed by atoms with Crippen LogP contribution in [0.4, 0.5) is 0 Å². The Morgan fingerprint density at radius 1 is 1.50 bits per heavy atom. The summed E-state index contributed by atoms with van der Waals surface area (Å²) in [7, 11) is 0. The third kappa shape index (κ3) is 4.25. The number of hydrogen-bond acceptors (Lipinski definition) is 1. The Morgan fingerprint density at radius 2 is 2.17 bits per heavy atom. The van der Waals surface area contributed by atoms with Crippen LogP contribution in [0, 0.1) is 12.5 Å². The topological polar surface area (TPSA) is 20.2 Å². The molecule has 0 rings (SSSR count). The van der Waals surface area contributed by atoms with Gasteiger partial charge in [0.25, 0.3) is 0 Å². The van der Waals surface area contributed by atoms with Crippen LogP contribution >= 0.6 is 11.6 Å². The smallest absolute Gasteiger partial charge is 0.0799 e. The van der Waals surface area contributed by atoms with Crippen molar-refractivity contribution in [2.24, 2.45) is 0 Å². The van der Waals surface area contributed by atoms with Crippen molar-refractivity contribution < 1.29 is 5.11 Å². The van der Waals surface area contributed by atoms with Gasteiger partial charge >= 0.3 is 0 Å². The van der Waals surface area contributed by atoms with E-state index in [0.717, 1.165) is 13.0 Å². The van der Waals surface area contributed by atoms with E-state index in [1.807, 2.05) is 0 Å². The van der Waals surface area contributed by atoms with Gasteiger partial charge in [-0.25, -0.2) is 0 Å². The molecule has 0 spiro atoms. The van der Waals surface area contributed by atoms with E-state index in [1.54, 1.807) is 0 Å². The number of aliphatic hydroxyl groups excluding tert-OH is 1. The van der Waals surface area contributed by atoms with Crippen molar-refractivity contribution in [2.45, 2.75) is 12.8 Å². The molecule has 0 saturated heterocycles. The molecule has 1 nitrogen and oxygen atoms in total. The molecule has 2 heteroatoms. The first-order chi connectivity index (χ1) is 2.91. The van der Waals surface area contributed by atoms with Gasteiger partial charge in [-0.3, -0.25) is 0 Å². The highest BCUT2D eigenvalue weighted by atomic mass is 35.5. The lowest BCUT2D eigenvalue weighted by Gasteiger charge is -1.83. The van der Waals surface area contributed by atoms with Crippen LogP contribution < -0.4 is 0 Å². The standard InChI is InChI=1S/C4H7ClO/c5-3-1-2-4-6/h3-4,6H,1-2H2. The van der Waals surface area contributed by atoms with Crippen molar-refractivity contribution in [3.63, 3.8) is 0 Å². The molecule has 1 N–H and O–H groups in total. The normalized spacial score (nSPS) is 9.00. The van der Waals surface area contributed by atoms with E-state index in [4.69, 9.17) is 16.7 Å². The first-order valence-electron chi connectivity index (χ1n) is 1.79. The number of aliphatic hydroxyl groups is 1. The minimum Gasteiger partial charge on any atom is -0.390 e. The molecule has 0 fully saturated rings. The Hall–Kier alpha value is 0.250. The van der Waals surface area contributed by atoms with Crippen LogP contribution in [0.15, 0.2) is 0 Å². The van der Waals surface area contributed by atoms with Gasteiger partial charge in [0.2, 0.25) is 0 Å². The van der Waals surface area contributed by atoms with Crippen molar-refractivity contribution >= 4 is 11.6 Å². The molecule has 0 saturated carbocycles. The quantitative estimate of drug-likeness (QED) is 0.543. The van der Waals surface area contributed by atoms with Crippen molar-refractivity contribution in [1.29, 1.82) is 0 Å². The van der Waals surface area contributed by atoms with Gasteiger partial charge in [-0.1, -0.05) is 0 Å². The minimum absolute atomic E-state index is 0.656. The van der Waals surface area contributed by atoms with E-state index in [9.17, 15) is 0 Å². The lowest BCUT2D eigenvalue weighted by Crippen LogP contribution is -1.70. The van der Waals surface area contributed by atoms with Crippen LogP contribution in [0.25, 0.3) is 0 Å². The predicted octanol–water partition coefficient (Wildman–Crippen LogP) is 1.70. The molecule has 0 unspecified atom stereocenters. The fraction of sp³-hybridized carbons (Fsp3) is 0.500. The molecule has 0 aliphatic heterocycles. The fourth-order valence-corrected chi connectivity index (χ4v) is 0.264. The molecule has 0 aliphatic rings. The molecule has 6 heavy (non-hydrogen) atoms. The van der Waals surface area contributed by atoms with Gasteiger partial charge in [0, 0.05) is 0 Å². The Bertz CT molecular complexity index is 19.5. The van der Waals surface area contributed by atoms with E-state index < -0.39 is 0 Å². The number of hydrogen-bond donors (Lipinski definition) is 1. The van der Waals surface area contributed by atoms with Crippen molar-refractivity contribution in [1.82, 2.24) is 0 Å². The molecule has 0 atom stereocenters. The average molecular weight is 107 g/mol. The second-order valence-electron chi connectivity index (χ2n) is 0.914. The summed E-state index contributed by atoms with van der Waals surface area (Å²) in [6, 6.07) is 0. The van der Waals surface area contributed by atoms with Gasteiger partial charge < -0.3 is 5.11 Å². The van der Waals surface area contributed by atoms with Gasteiger partial charge in [-0.2, -0.15) is 0 Å². The first kappa shape index (κ1) is 6.25. The monoisotopic (exact) mass is 106 g/mol. The summed E-state index contributed by atoms with van der Waals surface area (Å²) in [5, 5.41) is 7.99. The maximum absolute atomic E-state index is 7.99. The van der Waals surface area contributed by atoms with E-state index in [1.165, 1.54) is 5.88 Å². The molecule has 0 amide bonds. The second kappa shape index (κ2) is 5.25. The molecule has 0 aliphatic carbocycles. The molecule has 0 aromatic carbocycles. The Kier molecular flexibility index (Phi) is 5.47. The minimum atomic E-state index is 0.656. The van der Waals surface area contributed by atoms with Crippen LogP contribution in [0.2, 0.25) is 0 Å². The second-order valence-corrected chi connectivity index (χ2v) is 1.22. The summed E-state index contributed by atoms with van der Waals surface area (Å²) in [6.07, 6.45) is 1.40. The summed E-state index contributed by atoms with van der Waals surface area (Å²) < 4.78 is 0. The molecule has 0 aromatic heterocycles. The molecule has 36 valence electrons. The summed E-state index contributed by atoms with van der Waals surface area (Å²) >= 11 is 5.12. The van der Waals surface area contributed by atoms with Gasteiger partial charge in [0.1, 0.15) is 0 Å². The molecule has 0 bridgehead atoms. The number of unbranched alkanes of at least 4 members (excludes halogenated alkanes) is 1. The molecule has 2 radical (unpaired) electrons. The molecular formula is C4H7ClO. The fourth-order valence-electron chi connectivity index (χ4n) is 0.138. The predicted molar refractivity (Wildman–Crippen MR) is 25.6 cm³/mol. The zero-order valence-electron chi connectivity index (χ0n) is 3.39. The first-order valence-corrected chi connectivity index (χ1v) is 2.23. The van der Waals surface area contributed by atoms with Crippen LogP contribution in [0.5, 0.6) is 0 Å². The van der Waals surface area contributed by atoms with Crippen LogP contribution in [-0.2, 0) is 0 Å². The zero-order valence-corrected chi connectivity index (χ0v) is 4.15. The average Bonchev–Trinajstić information content (AvgIpc) is 1.61. The van der Waals surface area contributed by atoms with Crippen LogP contribution in [0.3, 0.4) is 0 Å². The molecule has 0 aromatic rings. The van der Waals surface area contributed by atoms with Gasteiger partial charge in [0.05, 0.1) is 12.5 Å². The van der Waals surface area contributed by atoms with E-state index in [2.05, 4.69) is 0 Å². The summed E-state index contributed by atoms with van der Waals surface area (Å²) in [5.41, 5.74) is 0. The van der Waals surface area contributed by atoms with Crippen molar-refractivity contribution in [3.05, 3.63) is 12.5 Å². The van der Waals surface area contributed by atoms with Crippen molar-refractivity contribution in [2.75, 3.05) is 0 Å². The third-order valence-electron chi connectivity index (χ3n) is 0.405. The lowest BCUT2D eigenvalue weighted by molar-refractivity contribution is 0.375. The Labute approximate surface area is 42.9 Å². The Balaban J connectivity index is 2.34. The Morgan fingerprint density at radius 3 is 2.33 bits per heavy atom. The number of rotatable bonds is 3. The van der Waals surface area contributed by atoms with Crippen molar-refractivity contribution in [3.8, 4) is 0 Å². The van der Waals surface area contributed by atoms with Crippen LogP contribution in [-0.4, -0.2) is 5.11 Å². The van der Waals surface area contributed by atoms with Gasteiger partial charge in [0.15, 0.2) is 0 Å². The summed E-state index contributed by atoms with van der Waals surface area (Å²) in [4.78, 5) is 0. The third-order valence-corrected chi connectivity index (χ3v) is 0.623. The SMILES string of the molecule is O[CH]CC[CH]Cl. The van der Waals surface area contributed by atoms with Gasteiger partial charge in [-0.05, 0) is 12.8 Å². The van der Waals surface area contributed by atoms with E-state index in [-0.39, 0.29) is 0 Å². The highest BCUT2D eigenvalue weighted by Crippen LogP contribution is 1.96. The van der Waals surface area contributed by atoms with E-state index >= 15 is 0 Å². The van der Waals surface area contributed by atoms with E-state index in [0.29, 0.717) is 6.42 Å². The maximum atomic E-state index is 7.99. The largest absolute Gasteiger partial charge is 0.390 e. The zero-order chi connectivity index (χ0) is 4.83. The lowest BCUT2D eigenvalue weighted by atomic mass is 10.4. The molecule has 0 heterocycles. The highest BCUT2D eigenvalue weighted by molar-refractivity contribution is 6.23. The van der Waals surface area contributed by atoms with Gasteiger partial charge in [-0.15, -0.1) is 11.6 Å². The number of halogens is 1.